The lowest BCUT2D eigenvalue weighted by atomic mass is 10.1. The largest absolute Gasteiger partial charge is 0.127 e. The van der Waals surface area contributed by atoms with Crippen LogP contribution in [0.25, 0.3) is 17.1 Å². The van der Waals surface area contributed by atoms with Crippen LogP contribution in [0.15, 0.2) is 18.7 Å². The molecule has 0 atom stereocenters. The van der Waals surface area contributed by atoms with Gasteiger partial charge in [0.1, 0.15) is 11.0 Å². The van der Waals surface area contributed by atoms with E-state index < -0.39 is 0 Å². The molecule has 0 aliphatic rings. The van der Waals surface area contributed by atoms with Gasteiger partial charge in [-0.2, -0.15) is 0 Å². The molecule has 4 nitrogen and oxygen atoms in total. The van der Waals surface area contributed by atoms with Crippen LogP contribution < -0.4 is 0 Å². The number of aromatic nitrogens is 4. The van der Waals surface area contributed by atoms with Gasteiger partial charge < -0.3 is 0 Å². The van der Waals surface area contributed by atoms with Crippen molar-refractivity contribution in [2.24, 2.45) is 0 Å². The lowest BCUT2D eigenvalue weighted by Gasteiger charge is -2.00. The Bertz CT molecular complexity index is 464. The van der Waals surface area contributed by atoms with E-state index in [1.807, 2.05) is 19.1 Å². The predicted octanol–water partition coefficient (Wildman–Crippen LogP) is 1.37. The molecule has 1 aromatic heterocycles. The number of fused-ring (bicyclic) bond motifs is 1. The highest BCUT2D eigenvalue weighted by atomic mass is 15.4. The molecule has 2 aromatic rings. The average Bonchev–Trinajstić information content (AvgIpc) is 2.17. The molecule has 0 aliphatic carbocycles. The zero-order valence-electron chi connectivity index (χ0n) is 7.23. The van der Waals surface area contributed by atoms with E-state index in [4.69, 9.17) is 0 Å². The highest BCUT2D eigenvalue weighted by Crippen LogP contribution is 2.15. The first-order valence-electron chi connectivity index (χ1n) is 3.90. The Kier molecular flexibility index (Phi) is 1.73. The van der Waals surface area contributed by atoms with Crippen LogP contribution in [0.4, 0.5) is 0 Å². The summed E-state index contributed by atoms with van der Waals surface area (Å²) < 4.78 is 0. The minimum Gasteiger partial charge on any atom is -0.127 e. The first kappa shape index (κ1) is 7.79. The molecule has 0 spiro atoms. The summed E-state index contributed by atoms with van der Waals surface area (Å²) in [7, 11) is 0. The number of rotatable bonds is 1. The lowest BCUT2D eigenvalue weighted by Crippen LogP contribution is -1.93. The van der Waals surface area contributed by atoms with E-state index >= 15 is 0 Å². The summed E-state index contributed by atoms with van der Waals surface area (Å²) in [5.41, 5.74) is 3.67. The Morgan fingerprint density at radius 2 is 1.77 bits per heavy atom. The normalized spacial score (nSPS) is 10.2. The van der Waals surface area contributed by atoms with Crippen molar-refractivity contribution in [1.29, 1.82) is 0 Å². The van der Waals surface area contributed by atoms with E-state index in [2.05, 4.69) is 27.2 Å². The van der Waals surface area contributed by atoms with Gasteiger partial charge in [-0.15, -0.1) is 10.2 Å². The molecule has 0 saturated carbocycles. The number of aryl methyl sites for hydroxylation is 1. The molecule has 0 N–H and O–H groups in total. The van der Waals surface area contributed by atoms with Crippen molar-refractivity contribution in [3.8, 4) is 0 Å². The molecule has 0 amide bonds. The van der Waals surface area contributed by atoms with Crippen LogP contribution in [-0.2, 0) is 0 Å². The molecule has 1 heterocycles. The van der Waals surface area contributed by atoms with Crippen molar-refractivity contribution in [2.75, 3.05) is 0 Å². The molecule has 64 valence electrons. The minimum atomic E-state index is 0.746. The van der Waals surface area contributed by atoms with Crippen molar-refractivity contribution in [3.05, 3.63) is 29.8 Å². The standard InChI is InChI=1S/C9H8N4/c1-3-7-5-9-8(4-6(7)2)10-12-13-11-9/h3-5H,1H2,2H3. The van der Waals surface area contributed by atoms with Crippen molar-refractivity contribution < 1.29 is 0 Å². The Hall–Kier alpha value is -1.84. The maximum absolute atomic E-state index is 3.86. The average molecular weight is 172 g/mol. The van der Waals surface area contributed by atoms with Crippen LogP contribution in [0.1, 0.15) is 11.1 Å². The third-order valence-electron chi connectivity index (χ3n) is 1.93. The molecule has 0 saturated heterocycles. The molecule has 4 heteroatoms. The van der Waals surface area contributed by atoms with Crippen LogP contribution in [0, 0.1) is 6.92 Å². The molecular formula is C9H8N4. The minimum absolute atomic E-state index is 0.746. The summed E-state index contributed by atoms with van der Waals surface area (Å²) in [5, 5.41) is 14.7. The summed E-state index contributed by atoms with van der Waals surface area (Å²) in [6, 6.07) is 3.83. The molecule has 2 rings (SSSR count). The Morgan fingerprint density at radius 3 is 2.38 bits per heavy atom. The van der Waals surface area contributed by atoms with Crippen molar-refractivity contribution in [1.82, 2.24) is 20.6 Å². The van der Waals surface area contributed by atoms with Crippen molar-refractivity contribution in [2.45, 2.75) is 6.92 Å². The molecular weight excluding hydrogens is 164 g/mol. The molecule has 0 radical (unpaired) electrons. The number of nitrogens with zero attached hydrogens (tertiary/aromatic N) is 4. The van der Waals surface area contributed by atoms with Crippen LogP contribution in [0.2, 0.25) is 0 Å². The van der Waals surface area contributed by atoms with Crippen LogP contribution in [0.5, 0.6) is 0 Å². The molecule has 0 fully saturated rings. The van der Waals surface area contributed by atoms with Gasteiger partial charge in [0.05, 0.1) is 0 Å². The maximum atomic E-state index is 3.86. The molecule has 1 aromatic carbocycles. The van der Waals surface area contributed by atoms with Gasteiger partial charge in [0.15, 0.2) is 0 Å². The fourth-order valence-electron chi connectivity index (χ4n) is 1.21. The molecule has 0 bridgehead atoms. The topological polar surface area (TPSA) is 51.6 Å². The fraction of sp³-hybridized carbons (Fsp3) is 0.111. The number of hydrogen-bond donors (Lipinski definition) is 0. The lowest BCUT2D eigenvalue weighted by molar-refractivity contribution is 0.797. The second kappa shape index (κ2) is 2.90. The van der Waals surface area contributed by atoms with E-state index in [1.165, 1.54) is 0 Å². The summed E-state index contributed by atoms with van der Waals surface area (Å²) in [5.74, 6) is 0. The van der Waals surface area contributed by atoms with Gasteiger partial charge in [-0.3, -0.25) is 0 Å². The summed E-state index contributed by atoms with van der Waals surface area (Å²) in [6.07, 6.45) is 1.79. The van der Waals surface area contributed by atoms with Gasteiger partial charge in [0.2, 0.25) is 0 Å². The van der Waals surface area contributed by atoms with Gasteiger partial charge in [0.25, 0.3) is 0 Å². The van der Waals surface area contributed by atoms with E-state index in [1.54, 1.807) is 6.08 Å². The van der Waals surface area contributed by atoms with Crippen LogP contribution in [0.3, 0.4) is 0 Å². The summed E-state index contributed by atoms with van der Waals surface area (Å²) in [4.78, 5) is 0. The van der Waals surface area contributed by atoms with Gasteiger partial charge in [-0.05, 0) is 40.6 Å². The van der Waals surface area contributed by atoms with E-state index in [-0.39, 0.29) is 0 Å². The number of benzene rings is 1. The molecule has 13 heavy (non-hydrogen) atoms. The van der Waals surface area contributed by atoms with E-state index in [9.17, 15) is 0 Å². The van der Waals surface area contributed by atoms with E-state index in [0.29, 0.717) is 0 Å². The molecule has 0 aliphatic heterocycles. The summed E-state index contributed by atoms with van der Waals surface area (Å²) in [6.45, 7) is 5.71. The van der Waals surface area contributed by atoms with Crippen molar-refractivity contribution >= 4 is 17.1 Å². The fourth-order valence-corrected chi connectivity index (χ4v) is 1.21. The predicted molar refractivity (Wildman–Crippen MR) is 50.0 cm³/mol. The number of hydrogen-bond acceptors (Lipinski definition) is 4. The maximum Gasteiger partial charge on any atom is 0.116 e. The second-order valence-electron chi connectivity index (χ2n) is 2.78. The van der Waals surface area contributed by atoms with Gasteiger partial charge in [0, 0.05) is 0 Å². The van der Waals surface area contributed by atoms with Gasteiger partial charge >= 0.3 is 0 Å². The third kappa shape index (κ3) is 1.26. The zero-order valence-corrected chi connectivity index (χ0v) is 7.23. The quantitative estimate of drug-likeness (QED) is 0.651. The van der Waals surface area contributed by atoms with E-state index in [0.717, 1.165) is 22.2 Å². The first-order chi connectivity index (χ1) is 6.31. The van der Waals surface area contributed by atoms with Crippen molar-refractivity contribution in [3.63, 3.8) is 0 Å². The highest BCUT2D eigenvalue weighted by Gasteiger charge is 2.00. The van der Waals surface area contributed by atoms with Gasteiger partial charge in [-0.25, -0.2) is 0 Å². The summed E-state index contributed by atoms with van der Waals surface area (Å²) >= 11 is 0. The Balaban J connectivity index is 2.81. The smallest absolute Gasteiger partial charge is 0.116 e. The van der Waals surface area contributed by atoms with Crippen LogP contribution in [-0.4, -0.2) is 20.6 Å². The Morgan fingerprint density at radius 1 is 1.15 bits per heavy atom. The monoisotopic (exact) mass is 172 g/mol. The first-order valence-corrected chi connectivity index (χ1v) is 3.90. The van der Waals surface area contributed by atoms with Crippen LogP contribution >= 0.6 is 0 Å². The molecule has 0 unspecified atom stereocenters. The van der Waals surface area contributed by atoms with Gasteiger partial charge in [-0.1, -0.05) is 12.7 Å². The Labute approximate surface area is 75.3 Å². The highest BCUT2D eigenvalue weighted by molar-refractivity contribution is 5.77. The second-order valence-corrected chi connectivity index (χ2v) is 2.78. The SMILES string of the molecule is C=Cc1cc2nnnnc2cc1C. The zero-order chi connectivity index (χ0) is 9.26. The third-order valence-corrected chi connectivity index (χ3v) is 1.93.